The number of benzene rings is 2. The molecule has 11 nitrogen and oxygen atoms in total. The molecule has 4 N–H and O–H groups in total. The Labute approximate surface area is 209 Å². The molecule has 1 fully saturated rings. The average molecular weight is 520 g/mol. The Kier molecular flexibility index (Phi) is 8.53. The molecule has 0 bridgehead atoms. The lowest BCUT2D eigenvalue weighted by Crippen LogP contribution is -2.30. The van der Waals surface area contributed by atoms with Crippen molar-refractivity contribution in [2.75, 3.05) is 32.7 Å². The molecule has 0 unspecified atom stereocenters. The molecule has 1 saturated carbocycles. The van der Waals surface area contributed by atoms with Crippen molar-refractivity contribution >= 4 is 33.5 Å². The largest absolute Gasteiger partial charge is 0.493 e. The molecule has 2 aromatic carbocycles. The molecule has 0 aromatic heterocycles. The number of nitrogens with one attached hydrogen (secondary N) is 2. The summed E-state index contributed by atoms with van der Waals surface area (Å²) in [7, 11) is -0.927. The quantitative estimate of drug-likeness (QED) is 0.376. The first-order valence-electron chi connectivity index (χ1n) is 11.2. The van der Waals surface area contributed by atoms with Gasteiger partial charge < -0.3 is 24.8 Å². The second-order valence-electron chi connectivity index (χ2n) is 8.43. The fourth-order valence-corrected chi connectivity index (χ4v) is 4.03. The zero-order chi connectivity index (χ0) is 26.5. The van der Waals surface area contributed by atoms with Crippen LogP contribution in [-0.2, 0) is 30.8 Å². The summed E-state index contributed by atoms with van der Waals surface area (Å²) in [6.07, 6.45) is 1.20. The lowest BCUT2D eigenvalue weighted by molar-refractivity contribution is -0.124. The normalized spacial score (nSPS) is 16.6. The summed E-state index contributed by atoms with van der Waals surface area (Å²) in [5.41, 5.74) is 1.01. The maximum absolute atomic E-state index is 12.8. The van der Waals surface area contributed by atoms with Crippen LogP contribution in [0, 0.1) is 11.8 Å². The Hall–Kier alpha value is -3.64. The van der Waals surface area contributed by atoms with Crippen LogP contribution in [0.1, 0.15) is 29.3 Å². The highest BCUT2D eigenvalue weighted by Gasteiger charge is 2.39. The van der Waals surface area contributed by atoms with Crippen molar-refractivity contribution in [3.05, 3.63) is 47.5 Å². The zero-order valence-corrected chi connectivity index (χ0v) is 21.0. The van der Waals surface area contributed by atoms with E-state index in [1.807, 2.05) is 6.92 Å². The van der Waals surface area contributed by atoms with Gasteiger partial charge in [-0.25, -0.2) is 18.4 Å². The van der Waals surface area contributed by atoms with Crippen LogP contribution in [0.5, 0.6) is 11.5 Å². The number of nitrogens with two attached hydrogens (primary N) is 1. The first kappa shape index (κ1) is 27.0. The second-order valence-corrected chi connectivity index (χ2v) is 9.99. The number of methoxy groups -OCH3 is 2. The third-order valence-electron chi connectivity index (χ3n) is 5.77. The Morgan fingerprint density at radius 2 is 1.67 bits per heavy atom. The molecule has 194 valence electrons. The predicted molar refractivity (Wildman–Crippen MR) is 130 cm³/mol. The van der Waals surface area contributed by atoms with Gasteiger partial charge in [-0.05, 0) is 36.5 Å². The SMILES string of the molecule is COc1cc(NC(=O)[C@H]2C[C@H]2C)c(C(=O)OCC(=O)NCCc2ccc(S(N)(=O)=O)cc2)cc1OC. The van der Waals surface area contributed by atoms with Crippen molar-refractivity contribution in [3.8, 4) is 11.5 Å². The molecule has 0 radical (unpaired) electrons. The van der Waals surface area contributed by atoms with Crippen LogP contribution in [0.15, 0.2) is 41.3 Å². The standard InChI is InChI=1S/C24H29N3O8S/c1-14-10-17(14)23(29)27-19-12-21(34-3)20(33-2)11-18(19)24(30)35-13-22(28)26-9-8-15-4-6-16(7-5-15)36(25,31)32/h4-7,11-12,14,17H,8-10,13H2,1-3H3,(H,26,28)(H,27,29)(H2,25,31,32)/t14-,17+/m1/s1. The van der Waals surface area contributed by atoms with Crippen molar-refractivity contribution in [2.45, 2.75) is 24.7 Å². The van der Waals surface area contributed by atoms with E-state index >= 15 is 0 Å². The molecular weight excluding hydrogens is 490 g/mol. The van der Waals surface area contributed by atoms with Gasteiger partial charge in [0.25, 0.3) is 5.91 Å². The van der Waals surface area contributed by atoms with Gasteiger partial charge >= 0.3 is 5.97 Å². The van der Waals surface area contributed by atoms with E-state index in [2.05, 4.69) is 10.6 Å². The smallest absolute Gasteiger partial charge is 0.340 e. The summed E-state index contributed by atoms with van der Waals surface area (Å²) in [4.78, 5) is 37.4. The summed E-state index contributed by atoms with van der Waals surface area (Å²) < 4.78 is 38.3. The van der Waals surface area contributed by atoms with Gasteiger partial charge in [0.2, 0.25) is 15.9 Å². The summed E-state index contributed by atoms with van der Waals surface area (Å²) in [6, 6.07) is 8.83. The molecule has 36 heavy (non-hydrogen) atoms. The van der Waals surface area contributed by atoms with Crippen LogP contribution in [0.3, 0.4) is 0 Å². The summed E-state index contributed by atoms with van der Waals surface area (Å²) in [6.45, 7) is 1.67. The number of primary sulfonamides is 1. The van der Waals surface area contributed by atoms with Gasteiger partial charge in [-0.1, -0.05) is 19.1 Å². The van der Waals surface area contributed by atoms with Gasteiger partial charge in [0.15, 0.2) is 18.1 Å². The van der Waals surface area contributed by atoms with E-state index < -0.39 is 28.5 Å². The highest BCUT2D eigenvalue weighted by Crippen LogP contribution is 2.40. The highest BCUT2D eigenvalue weighted by atomic mass is 32.2. The lowest BCUT2D eigenvalue weighted by atomic mass is 10.1. The topological polar surface area (TPSA) is 163 Å². The van der Waals surface area contributed by atoms with E-state index in [0.717, 1.165) is 12.0 Å². The molecule has 2 atom stereocenters. The minimum absolute atomic E-state index is 0.000405. The molecule has 0 heterocycles. The fraction of sp³-hybridized carbons (Fsp3) is 0.375. The fourth-order valence-electron chi connectivity index (χ4n) is 3.52. The van der Waals surface area contributed by atoms with Crippen molar-refractivity contribution in [1.82, 2.24) is 5.32 Å². The van der Waals surface area contributed by atoms with E-state index in [-0.39, 0.29) is 46.2 Å². The first-order valence-corrected chi connectivity index (χ1v) is 12.7. The van der Waals surface area contributed by atoms with Crippen LogP contribution in [-0.4, -0.2) is 53.6 Å². The maximum atomic E-state index is 12.8. The molecule has 1 aliphatic rings. The summed E-state index contributed by atoms with van der Waals surface area (Å²) >= 11 is 0. The number of hydrogen-bond donors (Lipinski definition) is 3. The number of ether oxygens (including phenoxy) is 3. The van der Waals surface area contributed by atoms with Crippen LogP contribution in [0.2, 0.25) is 0 Å². The molecule has 3 rings (SSSR count). The number of esters is 1. The number of sulfonamides is 1. The molecular formula is C24H29N3O8S. The van der Waals surface area contributed by atoms with E-state index in [1.54, 1.807) is 12.1 Å². The minimum Gasteiger partial charge on any atom is -0.493 e. The summed E-state index contributed by atoms with van der Waals surface area (Å²) in [5, 5.41) is 10.4. The number of anilines is 1. The van der Waals surface area contributed by atoms with Crippen molar-refractivity contribution < 1.29 is 37.0 Å². The Balaban J connectivity index is 1.57. The van der Waals surface area contributed by atoms with E-state index in [1.165, 1.54) is 38.5 Å². The number of rotatable bonds is 11. The van der Waals surface area contributed by atoms with Crippen molar-refractivity contribution in [1.29, 1.82) is 0 Å². The van der Waals surface area contributed by atoms with Gasteiger partial charge in [-0.3, -0.25) is 9.59 Å². The number of amides is 2. The third kappa shape index (κ3) is 6.95. The van der Waals surface area contributed by atoms with E-state index in [9.17, 15) is 22.8 Å². The van der Waals surface area contributed by atoms with E-state index in [4.69, 9.17) is 19.3 Å². The van der Waals surface area contributed by atoms with Crippen molar-refractivity contribution in [3.63, 3.8) is 0 Å². The molecule has 0 spiro atoms. The second kappa shape index (κ2) is 11.4. The van der Waals surface area contributed by atoms with Crippen LogP contribution >= 0.6 is 0 Å². The monoisotopic (exact) mass is 519 g/mol. The number of carbonyl (C=O) groups is 3. The Bertz CT molecular complexity index is 1240. The molecule has 0 saturated heterocycles. The number of hydrogen-bond acceptors (Lipinski definition) is 8. The highest BCUT2D eigenvalue weighted by molar-refractivity contribution is 7.89. The Morgan fingerprint density at radius 3 is 2.22 bits per heavy atom. The van der Waals surface area contributed by atoms with Gasteiger partial charge in [0.1, 0.15) is 0 Å². The summed E-state index contributed by atoms with van der Waals surface area (Å²) in [5.74, 6) is -0.812. The van der Waals surface area contributed by atoms with Gasteiger partial charge in [0, 0.05) is 24.6 Å². The first-order chi connectivity index (χ1) is 17.0. The number of carbonyl (C=O) groups excluding carboxylic acids is 3. The van der Waals surface area contributed by atoms with Gasteiger partial charge in [0.05, 0.1) is 30.4 Å². The Morgan fingerprint density at radius 1 is 1.06 bits per heavy atom. The predicted octanol–water partition coefficient (Wildman–Crippen LogP) is 1.46. The third-order valence-corrected chi connectivity index (χ3v) is 6.70. The minimum atomic E-state index is -3.77. The zero-order valence-electron chi connectivity index (χ0n) is 20.2. The van der Waals surface area contributed by atoms with Crippen LogP contribution in [0.4, 0.5) is 5.69 Å². The van der Waals surface area contributed by atoms with Gasteiger partial charge in [-0.2, -0.15) is 0 Å². The molecule has 2 amide bonds. The molecule has 0 aliphatic heterocycles. The average Bonchev–Trinajstić information content (AvgIpc) is 3.58. The van der Waals surface area contributed by atoms with Crippen LogP contribution in [0.25, 0.3) is 0 Å². The van der Waals surface area contributed by atoms with Crippen molar-refractivity contribution in [2.24, 2.45) is 17.0 Å². The maximum Gasteiger partial charge on any atom is 0.340 e. The van der Waals surface area contributed by atoms with Gasteiger partial charge in [-0.15, -0.1) is 0 Å². The van der Waals surface area contributed by atoms with E-state index in [0.29, 0.717) is 12.2 Å². The lowest BCUT2D eigenvalue weighted by Gasteiger charge is -2.15. The molecule has 12 heteroatoms. The molecule has 1 aliphatic carbocycles. The molecule has 2 aromatic rings. The van der Waals surface area contributed by atoms with Crippen LogP contribution < -0.4 is 25.2 Å².